The Morgan fingerprint density at radius 2 is 2.19 bits per heavy atom. The number of aromatic nitrogens is 1. The van der Waals surface area contributed by atoms with Gasteiger partial charge in [0.05, 0.1) is 5.69 Å². The van der Waals surface area contributed by atoms with E-state index in [4.69, 9.17) is 15.7 Å². The van der Waals surface area contributed by atoms with E-state index in [1.165, 1.54) is 30.1 Å². The van der Waals surface area contributed by atoms with Gasteiger partial charge in [0, 0.05) is 31.2 Å². The number of aliphatic carboxylic acids is 1. The number of anilines is 1. The van der Waals surface area contributed by atoms with Gasteiger partial charge >= 0.3 is 12.1 Å². The number of nitrogens with two attached hydrogens (primary N) is 1. The number of carbonyl (C=O) groups excluding carboxylic acids is 3. The molecule has 0 saturated carbocycles. The molecule has 5 N–H and O–H groups in total. The number of carbonyl (C=O) groups is 4. The van der Waals surface area contributed by atoms with Crippen LogP contribution in [-0.4, -0.2) is 81.3 Å². The second kappa shape index (κ2) is 8.43. The van der Waals surface area contributed by atoms with Crippen LogP contribution in [0.15, 0.2) is 22.3 Å². The Hall–Kier alpha value is -3.33. The third kappa shape index (κ3) is 4.00. The third-order valence-electron chi connectivity index (χ3n) is 4.46. The Bertz CT molecular complexity index is 993. The number of fused-ring (bicyclic) bond motifs is 1. The number of hydrogen-bond donors (Lipinski definition) is 4. The molecule has 13 nitrogen and oxygen atoms in total. The number of nitrogen functional groups attached to an aromatic ring is 1. The summed E-state index contributed by atoms with van der Waals surface area (Å²) in [7, 11) is 2.96. The first-order valence-corrected chi connectivity index (χ1v) is 10.4. The van der Waals surface area contributed by atoms with E-state index in [1.807, 2.05) is 0 Å². The molecule has 3 heterocycles. The van der Waals surface area contributed by atoms with E-state index in [2.05, 4.69) is 15.5 Å². The molecule has 2 aliphatic rings. The van der Waals surface area contributed by atoms with Crippen molar-refractivity contribution in [3.05, 3.63) is 22.8 Å². The van der Waals surface area contributed by atoms with Crippen molar-refractivity contribution in [3.63, 3.8) is 0 Å². The van der Waals surface area contributed by atoms with Gasteiger partial charge in [-0.05, 0) is 0 Å². The van der Waals surface area contributed by atoms with E-state index in [-0.39, 0.29) is 23.0 Å². The Kier molecular flexibility index (Phi) is 6.08. The first kappa shape index (κ1) is 22.4. The largest absolute Gasteiger partial charge is 0.481 e. The summed E-state index contributed by atoms with van der Waals surface area (Å²) in [5.41, 5.74) is 6.22. The molecule has 2 aliphatic heterocycles. The molecule has 3 atom stereocenters. The number of amides is 3. The minimum atomic E-state index is -1.55. The molecule has 0 aromatic carbocycles. The SMILES string of the molecule is CN(C)C(=O)OCC1=CN2C(=O)C(C(=O)O)[C@@H]2SC1(NC(=O)/C=N\O)c1csc(N)n1. The summed E-state index contributed by atoms with van der Waals surface area (Å²) in [6.07, 6.45) is 1.26. The van der Waals surface area contributed by atoms with Crippen molar-refractivity contribution in [2.75, 3.05) is 26.4 Å². The van der Waals surface area contributed by atoms with Gasteiger partial charge in [-0.2, -0.15) is 0 Å². The number of nitrogens with one attached hydrogen (secondary N) is 1. The van der Waals surface area contributed by atoms with E-state index in [0.29, 0.717) is 6.21 Å². The summed E-state index contributed by atoms with van der Waals surface area (Å²) in [5, 5.41) is 24.3. The average Bonchev–Trinajstić information content (AvgIpc) is 3.13. The van der Waals surface area contributed by atoms with Crippen LogP contribution in [0.1, 0.15) is 5.69 Å². The smallest absolute Gasteiger partial charge is 0.409 e. The van der Waals surface area contributed by atoms with Crippen molar-refractivity contribution in [1.29, 1.82) is 0 Å². The number of carboxylic acid groups (broad SMARTS) is 1. The molecule has 1 aromatic rings. The van der Waals surface area contributed by atoms with Crippen molar-refractivity contribution in [1.82, 2.24) is 20.1 Å². The van der Waals surface area contributed by atoms with Gasteiger partial charge in [-0.1, -0.05) is 16.9 Å². The van der Waals surface area contributed by atoms with Crippen LogP contribution in [0.4, 0.5) is 9.93 Å². The summed E-state index contributed by atoms with van der Waals surface area (Å²) >= 11 is 2.00. The number of carboxylic acids is 1. The molecule has 31 heavy (non-hydrogen) atoms. The Balaban J connectivity index is 2.09. The summed E-state index contributed by atoms with van der Waals surface area (Å²) < 4.78 is 5.25. The predicted molar refractivity (Wildman–Crippen MR) is 109 cm³/mol. The van der Waals surface area contributed by atoms with Gasteiger partial charge < -0.3 is 35.9 Å². The number of ether oxygens (including phenoxy) is 1. The van der Waals surface area contributed by atoms with Crippen LogP contribution in [0.25, 0.3) is 0 Å². The van der Waals surface area contributed by atoms with Gasteiger partial charge in [-0.15, -0.1) is 11.3 Å². The van der Waals surface area contributed by atoms with Gasteiger partial charge in [0.1, 0.15) is 18.2 Å². The maximum atomic E-state index is 12.3. The van der Waals surface area contributed by atoms with Crippen LogP contribution in [-0.2, 0) is 24.0 Å². The minimum absolute atomic E-state index is 0.173. The predicted octanol–water partition coefficient (Wildman–Crippen LogP) is -0.348. The van der Waals surface area contributed by atoms with Crippen LogP contribution in [0, 0.1) is 5.92 Å². The second-order valence-corrected chi connectivity index (χ2v) is 8.88. The van der Waals surface area contributed by atoms with Crippen LogP contribution in [0.2, 0.25) is 0 Å². The highest BCUT2D eigenvalue weighted by atomic mass is 32.2. The van der Waals surface area contributed by atoms with Crippen molar-refractivity contribution < 1.29 is 34.2 Å². The molecule has 3 rings (SSSR count). The van der Waals surface area contributed by atoms with Gasteiger partial charge in [-0.25, -0.2) is 9.78 Å². The highest BCUT2D eigenvalue weighted by Gasteiger charge is 2.60. The topological polar surface area (TPSA) is 188 Å². The lowest BCUT2D eigenvalue weighted by atomic mass is 9.96. The Morgan fingerprint density at radius 1 is 1.48 bits per heavy atom. The zero-order valence-electron chi connectivity index (χ0n) is 16.2. The molecular formula is C16H18N6O7S2. The van der Waals surface area contributed by atoms with Gasteiger partial charge in [0.25, 0.3) is 5.91 Å². The van der Waals surface area contributed by atoms with Crippen LogP contribution in [0.5, 0.6) is 0 Å². The quantitative estimate of drug-likeness (QED) is 0.141. The van der Waals surface area contributed by atoms with Gasteiger partial charge in [0.2, 0.25) is 5.91 Å². The monoisotopic (exact) mass is 470 g/mol. The molecule has 15 heteroatoms. The fraction of sp³-hybridized carbons (Fsp3) is 0.375. The molecule has 2 unspecified atom stereocenters. The molecule has 0 radical (unpaired) electrons. The standard InChI is InChI=1S/C16H18N6O7S2/c1-21(2)15(27)29-5-7-4-22-11(24)10(13(25)26)12(22)31-16(7,20-9(23)3-18-28)8-6-30-14(17)19-8/h3-4,6,10,12,28H,5H2,1-2H3,(H2,17,19)(H,20,23)(H,25,26)/b18-3-/t10?,12-,16?/m0/s1. The van der Waals surface area contributed by atoms with E-state index in [0.717, 1.165) is 23.1 Å². The first-order valence-electron chi connectivity index (χ1n) is 8.59. The number of nitrogens with zero attached hydrogens (tertiary/aromatic N) is 4. The fourth-order valence-electron chi connectivity index (χ4n) is 3.01. The number of thiazole rings is 1. The zero-order chi connectivity index (χ0) is 22.9. The van der Waals surface area contributed by atoms with Crippen molar-refractivity contribution in [3.8, 4) is 0 Å². The van der Waals surface area contributed by atoms with Crippen LogP contribution < -0.4 is 11.1 Å². The fourth-order valence-corrected chi connectivity index (χ4v) is 5.35. The molecule has 166 valence electrons. The molecule has 0 bridgehead atoms. The van der Waals surface area contributed by atoms with Gasteiger partial charge in [0.15, 0.2) is 15.9 Å². The zero-order valence-corrected chi connectivity index (χ0v) is 17.8. The summed E-state index contributed by atoms with van der Waals surface area (Å²) in [6, 6.07) is 0. The molecule has 0 spiro atoms. The average molecular weight is 470 g/mol. The third-order valence-corrected chi connectivity index (χ3v) is 6.81. The first-order chi connectivity index (χ1) is 14.6. The van der Waals surface area contributed by atoms with Crippen molar-refractivity contribution in [2.24, 2.45) is 11.1 Å². The maximum absolute atomic E-state index is 12.3. The Morgan fingerprint density at radius 3 is 2.74 bits per heavy atom. The number of rotatable bonds is 6. The lowest BCUT2D eigenvalue weighted by Crippen LogP contribution is -2.65. The van der Waals surface area contributed by atoms with Crippen molar-refractivity contribution in [2.45, 2.75) is 10.2 Å². The lowest BCUT2D eigenvalue weighted by Gasteiger charge is -2.51. The van der Waals surface area contributed by atoms with E-state index in [9.17, 15) is 24.3 Å². The van der Waals surface area contributed by atoms with E-state index >= 15 is 0 Å². The van der Waals surface area contributed by atoms with Crippen molar-refractivity contribution >= 4 is 58.3 Å². The summed E-state index contributed by atoms with van der Waals surface area (Å²) in [5.74, 6) is -4.14. The number of oxime groups is 1. The number of β-lactam (4-membered cyclic amide) rings is 1. The normalized spacial score (nSPS) is 24.8. The number of thioether (sulfide) groups is 1. The van der Waals surface area contributed by atoms with Crippen LogP contribution >= 0.6 is 23.1 Å². The molecule has 1 saturated heterocycles. The summed E-state index contributed by atoms with van der Waals surface area (Å²) in [6.45, 7) is -0.355. The molecular weight excluding hydrogens is 452 g/mol. The molecule has 1 aromatic heterocycles. The lowest BCUT2D eigenvalue weighted by molar-refractivity contribution is -0.161. The molecule has 3 amide bonds. The molecule has 1 fully saturated rings. The maximum Gasteiger partial charge on any atom is 0.409 e. The van der Waals surface area contributed by atoms with Gasteiger partial charge in [-0.3, -0.25) is 14.4 Å². The minimum Gasteiger partial charge on any atom is -0.481 e. The Labute approximate surface area is 183 Å². The molecule has 0 aliphatic carbocycles. The highest BCUT2D eigenvalue weighted by molar-refractivity contribution is 8.01. The summed E-state index contributed by atoms with van der Waals surface area (Å²) in [4.78, 5) is 53.2. The van der Waals surface area contributed by atoms with Crippen LogP contribution in [0.3, 0.4) is 0 Å². The van der Waals surface area contributed by atoms with E-state index < -0.39 is 40.0 Å². The van der Waals surface area contributed by atoms with E-state index in [1.54, 1.807) is 5.38 Å². The second-order valence-electron chi connectivity index (χ2n) is 6.66. The highest BCUT2D eigenvalue weighted by Crippen LogP contribution is 2.53. The number of hydrogen-bond acceptors (Lipinski definition) is 11.